The van der Waals surface area contributed by atoms with Crippen LogP contribution in [0.25, 0.3) is 0 Å². The van der Waals surface area contributed by atoms with Crippen LogP contribution in [-0.4, -0.2) is 39.2 Å². The minimum absolute atomic E-state index is 0.203. The molecule has 0 bridgehead atoms. The largest absolute Gasteiger partial charge is 0.402 e. The van der Waals surface area contributed by atoms with Crippen LogP contribution in [0.5, 0.6) is 0 Å². The van der Waals surface area contributed by atoms with Gasteiger partial charge in [0.15, 0.2) is 0 Å². The second-order valence-corrected chi connectivity index (χ2v) is 8.49. The zero-order valence-corrected chi connectivity index (χ0v) is 18.2. The van der Waals surface area contributed by atoms with Gasteiger partial charge in [-0.1, -0.05) is 33.1 Å². The van der Waals surface area contributed by atoms with Gasteiger partial charge in [0.2, 0.25) is 11.9 Å². The summed E-state index contributed by atoms with van der Waals surface area (Å²) in [5.74, 6) is 0.982. The Balaban J connectivity index is 1.77. The molecule has 0 radical (unpaired) electrons. The Morgan fingerprint density at radius 2 is 1.82 bits per heavy atom. The van der Waals surface area contributed by atoms with Gasteiger partial charge in [0.1, 0.15) is 11.4 Å². The number of likely N-dealkylation sites (N-methyl/N-ethyl adjacent to an activating group) is 1. The second-order valence-electron chi connectivity index (χ2n) is 7.57. The maximum Gasteiger partial charge on any atom is 0.402 e. The summed E-state index contributed by atoms with van der Waals surface area (Å²) in [5, 5.41) is 0. The number of imide groups is 1. The van der Waals surface area contributed by atoms with E-state index < -0.39 is 6.04 Å². The molecule has 28 heavy (non-hydrogen) atoms. The molecule has 146 valence electrons. The molecule has 1 aromatic carbocycles. The molecule has 8 heteroatoms. The number of urea groups is 1. The van der Waals surface area contributed by atoms with Crippen molar-refractivity contribution in [3.8, 4) is 0 Å². The van der Waals surface area contributed by atoms with E-state index in [1.165, 1.54) is 9.80 Å². The van der Waals surface area contributed by atoms with Crippen molar-refractivity contribution < 1.29 is 14.2 Å². The first kappa shape index (κ1) is 18.9. The molecule has 1 aromatic heterocycles. The first-order valence-corrected chi connectivity index (χ1v) is 10.1. The third-order valence-electron chi connectivity index (χ3n) is 5.53. The van der Waals surface area contributed by atoms with Crippen molar-refractivity contribution in [3.63, 3.8) is 0 Å². The number of aliphatic imine (C=N–C) groups is 1. The lowest BCUT2D eigenvalue weighted by Gasteiger charge is -2.33. The first-order valence-electron chi connectivity index (χ1n) is 9.27. The van der Waals surface area contributed by atoms with Gasteiger partial charge in [-0.3, -0.25) is 14.6 Å². The number of nitrogens with zero attached hydrogens (tertiary/aromatic N) is 5. The summed E-state index contributed by atoms with van der Waals surface area (Å²) in [6.07, 6.45) is 0. The summed E-state index contributed by atoms with van der Waals surface area (Å²) >= 11 is 3.41. The van der Waals surface area contributed by atoms with E-state index >= 15 is 0 Å². The average Bonchev–Trinajstić information content (AvgIpc) is 3.14. The monoisotopic (exact) mass is 444 g/mol. The van der Waals surface area contributed by atoms with Crippen LogP contribution in [0, 0.1) is 13.8 Å². The Labute approximate surface area is 172 Å². The predicted molar refractivity (Wildman–Crippen MR) is 108 cm³/mol. The number of rotatable bonds is 3. The number of hydrogen-bond donors (Lipinski definition) is 0. The van der Waals surface area contributed by atoms with E-state index in [1.54, 1.807) is 7.05 Å². The number of imidazole rings is 1. The predicted octanol–water partition coefficient (Wildman–Crippen LogP) is 3.41. The fraction of sp³-hybridized carbons (Fsp3) is 0.400. The van der Waals surface area contributed by atoms with Crippen LogP contribution in [0.4, 0.5) is 10.7 Å². The lowest BCUT2D eigenvalue weighted by Crippen LogP contribution is -2.63. The van der Waals surface area contributed by atoms with Crippen molar-refractivity contribution in [3.05, 3.63) is 45.7 Å². The van der Waals surface area contributed by atoms with Gasteiger partial charge >= 0.3 is 12.0 Å². The number of carbonyl (C=O) groups excluding carboxylic acids is 2. The topological polar surface area (TPSA) is 61.8 Å². The highest BCUT2D eigenvalue weighted by Gasteiger charge is 2.54. The number of hydrogen-bond acceptors (Lipinski definition) is 3. The Bertz CT molecular complexity index is 1020. The molecule has 3 heterocycles. The third-order valence-corrected chi connectivity index (χ3v) is 6.06. The highest BCUT2D eigenvalue weighted by Crippen LogP contribution is 2.33. The molecule has 1 fully saturated rings. The minimum atomic E-state index is -0.605. The molecular formula is C20H23BrN5O2+. The molecular weight excluding hydrogens is 422 g/mol. The number of benzene rings is 1. The van der Waals surface area contributed by atoms with Gasteiger partial charge < -0.3 is 0 Å². The van der Waals surface area contributed by atoms with Gasteiger partial charge in [0.05, 0.1) is 12.6 Å². The SMILES string of the molecule is Cc1c(C)[n+]2c(n1C(C)C)N=C1C2C(=O)N(Cc2ccc(Br)cc2)C(=O)N1C. The van der Waals surface area contributed by atoms with E-state index in [0.29, 0.717) is 5.84 Å². The Kier molecular flexibility index (Phi) is 4.41. The summed E-state index contributed by atoms with van der Waals surface area (Å²) in [6, 6.07) is 6.88. The number of amidine groups is 1. The van der Waals surface area contributed by atoms with Gasteiger partial charge in [-0.15, -0.1) is 0 Å². The van der Waals surface area contributed by atoms with Crippen molar-refractivity contribution >= 4 is 39.7 Å². The number of fused-ring (bicyclic) bond motifs is 3. The Morgan fingerprint density at radius 1 is 1.18 bits per heavy atom. The number of aromatic nitrogens is 2. The zero-order valence-electron chi connectivity index (χ0n) is 16.6. The Morgan fingerprint density at radius 3 is 2.43 bits per heavy atom. The second kappa shape index (κ2) is 6.55. The van der Waals surface area contributed by atoms with E-state index in [-0.39, 0.29) is 24.5 Å². The minimum Gasteiger partial charge on any atom is -0.270 e. The summed E-state index contributed by atoms with van der Waals surface area (Å²) in [5.41, 5.74) is 2.97. The van der Waals surface area contributed by atoms with Gasteiger partial charge in [-0.25, -0.2) is 13.9 Å². The average molecular weight is 445 g/mol. The standard InChI is InChI=1S/C20H23BrN5O2/c1-11(2)25-12(3)13(4)26-16-17(22-19(25)26)23(5)20(28)24(18(16)27)10-14-6-8-15(21)9-7-14/h6-9,11,16H,10H2,1-5H3/q+1. The molecule has 2 aromatic rings. The van der Waals surface area contributed by atoms with Crippen LogP contribution >= 0.6 is 15.9 Å². The molecule has 1 unspecified atom stereocenters. The van der Waals surface area contributed by atoms with Gasteiger partial charge in [0, 0.05) is 11.5 Å². The molecule has 0 N–H and O–H groups in total. The molecule has 0 saturated carbocycles. The fourth-order valence-corrected chi connectivity index (χ4v) is 4.26. The van der Waals surface area contributed by atoms with E-state index in [9.17, 15) is 9.59 Å². The summed E-state index contributed by atoms with van der Waals surface area (Å²) in [4.78, 5) is 33.8. The fourth-order valence-electron chi connectivity index (χ4n) is 4.00. The first-order chi connectivity index (χ1) is 13.2. The smallest absolute Gasteiger partial charge is 0.270 e. The number of halogens is 1. The van der Waals surface area contributed by atoms with Crippen molar-refractivity contribution in [2.75, 3.05) is 7.05 Å². The van der Waals surface area contributed by atoms with Gasteiger partial charge in [-0.2, -0.15) is 0 Å². The van der Waals surface area contributed by atoms with Crippen LogP contribution in [-0.2, 0) is 11.3 Å². The normalized spacial score (nSPS) is 18.7. The van der Waals surface area contributed by atoms with Crippen LogP contribution in [0.2, 0.25) is 0 Å². The number of amides is 3. The van der Waals surface area contributed by atoms with Crippen molar-refractivity contribution in [1.82, 2.24) is 14.4 Å². The maximum absolute atomic E-state index is 13.4. The van der Waals surface area contributed by atoms with Crippen LogP contribution in [0.15, 0.2) is 33.7 Å². The van der Waals surface area contributed by atoms with Gasteiger partial charge in [-0.05, 0) is 45.4 Å². The molecule has 1 atom stereocenters. The molecule has 0 spiro atoms. The van der Waals surface area contributed by atoms with E-state index in [2.05, 4.69) is 34.3 Å². The van der Waals surface area contributed by atoms with Crippen molar-refractivity contribution in [1.29, 1.82) is 0 Å². The van der Waals surface area contributed by atoms with E-state index in [0.717, 1.165) is 27.4 Å². The molecule has 4 rings (SSSR count). The summed E-state index contributed by atoms with van der Waals surface area (Å²) in [7, 11) is 1.68. The van der Waals surface area contributed by atoms with Crippen LogP contribution in [0.3, 0.4) is 0 Å². The van der Waals surface area contributed by atoms with E-state index in [4.69, 9.17) is 4.99 Å². The summed E-state index contributed by atoms with van der Waals surface area (Å²) in [6.45, 7) is 8.45. The Hall–Kier alpha value is -2.48. The molecule has 7 nitrogen and oxygen atoms in total. The third kappa shape index (κ3) is 2.62. The number of carbonyl (C=O) groups is 2. The maximum atomic E-state index is 13.4. The van der Waals surface area contributed by atoms with Crippen molar-refractivity contribution in [2.24, 2.45) is 4.99 Å². The zero-order chi connectivity index (χ0) is 20.3. The van der Waals surface area contributed by atoms with E-state index in [1.807, 2.05) is 42.7 Å². The van der Waals surface area contributed by atoms with Crippen LogP contribution < -0.4 is 4.57 Å². The van der Waals surface area contributed by atoms with Crippen LogP contribution in [0.1, 0.15) is 42.9 Å². The van der Waals surface area contributed by atoms with Gasteiger partial charge in [0.25, 0.3) is 5.91 Å². The highest BCUT2D eigenvalue weighted by molar-refractivity contribution is 9.10. The quantitative estimate of drug-likeness (QED) is 0.680. The lowest BCUT2D eigenvalue weighted by molar-refractivity contribution is -0.683. The molecule has 2 aliphatic rings. The molecule has 3 amide bonds. The lowest BCUT2D eigenvalue weighted by atomic mass is 10.1. The summed E-state index contributed by atoms with van der Waals surface area (Å²) < 4.78 is 5.03. The van der Waals surface area contributed by atoms with Crippen molar-refractivity contribution in [2.45, 2.75) is 46.3 Å². The molecule has 0 aliphatic carbocycles. The molecule has 1 saturated heterocycles. The highest BCUT2D eigenvalue weighted by atomic mass is 79.9. The molecule has 2 aliphatic heterocycles.